The van der Waals surface area contributed by atoms with Crippen LogP contribution in [-0.4, -0.2) is 44.7 Å². The van der Waals surface area contributed by atoms with Crippen LogP contribution in [0.5, 0.6) is 5.75 Å². The van der Waals surface area contributed by atoms with Crippen LogP contribution >= 0.6 is 0 Å². The molecule has 3 N–H and O–H groups in total. The summed E-state index contributed by atoms with van der Waals surface area (Å²) in [5.41, 5.74) is 1.23. The molecule has 0 bridgehead atoms. The standard InChI is InChI=1S/C23H36N4O2/c1-24-23(25-15-4-7-18-5-2-3-6-18)26-16-14-19-8-12-21(13-9-19)29-17-22(28)27-20-10-11-20/h8-9,12-13,18,20H,2-7,10-11,14-17H2,1H3,(H,27,28)(H2,24,25,26). The molecule has 2 aliphatic rings. The highest BCUT2D eigenvalue weighted by atomic mass is 16.5. The van der Waals surface area contributed by atoms with E-state index in [1.165, 1.54) is 44.1 Å². The minimum absolute atomic E-state index is 0.0390. The maximum Gasteiger partial charge on any atom is 0.258 e. The van der Waals surface area contributed by atoms with Crippen LogP contribution in [0.3, 0.4) is 0 Å². The highest BCUT2D eigenvalue weighted by Gasteiger charge is 2.23. The first-order chi connectivity index (χ1) is 14.2. The van der Waals surface area contributed by atoms with Gasteiger partial charge in [-0.25, -0.2) is 0 Å². The first-order valence-corrected chi connectivity index (χ1v) is 11.2. The van der Waals surface area contributed by atoms with Gasteiger partial charge < -0.3 is 20.7 Å². The van der Waals surface area contributed by atoms with Crippen molar-refractivity contribution in [2.24, 2.45) is 10.9 Å². The van der Waals surface area contributed by atoms with E-state index in [1.807, 2.05) is 31.3 Å². The van der Waals surface area contributed by atoms with Crippen LogP contribution in [0.1, 0.15) is 56.9 Å². The van der Waals surface area contributed by atoms with Crippen molar-refractivity contribution in [3.63, 3.8) is 0 Å². The molecular weight excluding hydrogens is 364 g/mol. The molecule has 2 saturated carbocycles. The van der Waals surface area contributed by atoms with Gasteiger partial charge in [-0.2, -0.15) is 0 Å². The second-order valence-corrected chi connectivity index (χ2v) is 8.24. The van der Waals surface area contributed by atoms with Crippen LogP contribution < -0.4 is 20.7 Å². The fourth-order valence-corrected chi connectivity index (χ4v) is 3.84. The maximum atomic E-state index is 11.7. The molecule has 6 heteroatoms. The number of rotatable bonds is 11. The molecule has 2 fully saturated rings. The van der Waals surface area contributed by atoms with Gasteiger partial charge in [0.2, 0.25) is 0 Å². The fourth-order valence-electron chi connectivity index (χ4n) is 3.84. The Labute approximate surface area is 174 Å². The Hall–Kier alpha value is -2.24. The summed E-state index contributed by atoms with van der Waals surface area (Å²) in [7, 11) is 1.82. The lowest BCUT2D eigenvalue weighted by atomic mass is 10.0. The topological polar surface area (TPSA) is 74.8 Å². The Bertz CT molecular complexity index is 649. The molecule has 0 spiro atoms. The quantitative estimate of drug-likeness (QED) is 0.303. The number of ether oxygens (including phenoxy) is 1. The van der Waals surface area contributed by atoms with Crippen LogP contribution in [0.25, 0.3) is 0 Å². The monoisotopic (exact) mass is 400 g/mol. The van der Waals surface area contributed by atoms with Crippen LogP contribution in [-0.2, 0) is 11.2 Å². The molecule has 1 aromatic carbocycles. The number of aliphatic imine (C=N–C) groups is 1. The molecule has 0 radical (unpaired) electrons. The molecule has 0 heterocycles. The molecule has 6 nitrogen and oxygen atoms in total. The molecule has 29 heavy (non-hydrogen) atoms. The van der Waals surface area contributed by atoms with E-state index in [1.54, 1.807) is 0 Å². The van der Waals surface area contributed by atoms with E-state index in [9.17, 15) is 4.79 Å². The Morgan fingerprint density at radius 1 is 1.07 bits per heavy atom. The Balaban J connectivity index is 1.26. The Morgan fingerprint density at radius 3 is 2.48 bits per heavy atom. The number of nitrogens with one attached hydrogen (secondary N) is 3. The van der Waals surface area contributed by atoms with Gasteiger partial charge in [-0.15, -0.1) is 0 Å². The molecule has 3 rings (SSSR count). The fraction of sp³-hybridized carbons (Fsp3) is 0.652. The second kappa shape index (κ2) is 11.7. The minimum atomic E-state index is -0.0390. The van der Waals surface area contributed by atoms with Crippen molar-refractivity contribution in [3.05, 3.63) is 29.8 Å². The van der Waals surface area contributed by atoms with Crippen molar-refractivity contribution < 1.29 is 9.53 Å². The van der Waals surface area contributed by atoms with Gasteiger partial charge in [0.05, 0.1) is 0 Å². The predicted molar refractivity (Wildman–Crippen MR) is 117 cm³/mol. The SMILES string of the molecule is CN=C(NCCCC1CCCC1)NCCc1ccc(OCC(=O)NC2CC2)cc1. The van der Waals surface area contributed by atoms with E-state index < -0.39 is 0 Å². The Kier molecular flexibility index (Phi) is 8.65. The molecule has 0 saturated heterocycles. The molecule has 160 valence electrons. The van der Waals surface area contributed by atoms with Gasteiger partial charge in [0.15, 0.2) is 12.6 Å². The number of hydrogen-bond acceptors (Lipinski definition) is 3. The van der Waals surface area contributed by atoms with E-state index in [0.29, 0.717) is 6.04 Å². The van der Waals surface area contributed by atoms with Crippen molar-refractivity contribution in [3.8, 4) is 5.75 Å². The third kappa shape index (κ3) is 8.34. The van der Waals surface area contributed by atoms with Crippen molar-refractivity contribution >= 4 is 11.9 Å². The summed E-state index contributed by atoms with van der Waals surface area (Å²) in [6.45, 7) is 1.89. The number of nitrogens with zero attached hydrogens (tertiary/aromatic N) is 1. The summed E-state index contributed by atoms with van der Waals surface area (Å²) in [4.78, 5) is 16.0. The van der Waals surface area contributed by atoms with Crippen LogP contribution in [0.15, 0.2) is 29.3 Å². The van der Waals surface area contributed by atoms with Gasteiger partial charge in [-0.1, -0.05) is 37.8 Å². The van der Waals surface area contributed by atoms with Crippen LogP contribution in [0.4, 0.5) is 0 Å². The van der Waals surface area contributed by atoms with E-state index in [0.717, 1.165) is 50.0 Å². The molecular formula is C23H36N4O2. The summed E-state index contributed by atoms with van der Waals surface area (Å²) in [5.74, 6) is 2.51. The summed E-state index contributed by atoms with van der Waals surface area (Å²) in [6.07, 6.45) is 11.3. The average Bonchev–Trinajstić information content (AvgIpc) is 3.39. The van der Waals surface area contributed by atoms with Gasteiger partial charge in [-0.3, -0.25) is 9.79 Å². The summed E-state index contributed by atoms with van der Waals surface area (Å²) in [5, 5.41) is 9.72. The van der Waals surface area contributed by atoms with Crippen molar-refractivity contribution in [1.82, 2.24) is 16.0 Å². The van der Waals surface area contributed by atoms with E-state index in [-0.39, 0.29) is 12.5 Å². The van der Waals surface area contributed by atoms with E-state index >= 15 is 0 Å². The van der Waals surface area contributed by atoms with Crippen molar-refractivity contribution in [2.75, 3.05) is 26.7 Å². The van der Waals surface area contributed by atoms with Gasteiger partial charge in [0.25, 0.3) is 5.91 Å². The molecule has 0 atom stereocenters. The van der Waals surface area contributed by atoms with Crippen LogP contribution in [0, 0.1) is 5.92 Å². The van der Waals surface area contributed by atoms with Crippen LogP contribution in [0.2, 0.25) is 0 Å². The normalized spacial score (nSPS) is 17.2. The summed E-state index contributed by atoms with van der Waals surface area (Å²) in [6, 6.07) is 8.33. The average molecular weight is 401 g/mol. The highest BCUT2D eigenvalue weighted by molar-refractivity contribution is 5.79. The highest BCUT2D eigenvalue weighted by Crippen LogP contribution is 2.28. The van der Waals surface area contributed by atoms with E-state index in [2.05, 4.69) is 20.9 Å². The zero-order valence-electron chi connectivity index (χ0n) is 17.7. The summed E-state index contributed by atoms with van der Waals surface area (Å²) < 4.78 is 5.55. The van der Waals surface area contributed by atoms with Gasteiger partial charge >= 0.3 is 0 Å². The van der Waals surface area contributed by atoms with Crippen molar-refractivity contribution in [1.29, 1.82) is 0 Å². The lowest BCUT2D eigenvalue weighted by molar-refractivity contribution is -0.123. The zero-order chi connectivity index (χ0) is 20.3. The number of benzene rings is 1. The summed E-state index contributed by atoms with van der Waals surface area (Å²) >= 11 is 0. The molecule has 0 unspecified atom stereocenters. The zero-order valence-corrected chi connectivity index (χ0v) is 17.7. The first-order valence-electron chi connectivity index (χ1n) is 11.2. The first kappa shape index (κ1) is 21.5. The molecule has 0 aromatic heterocycles. The lowest BCUT2D eigenvalue weighted by Gasteiger charge is -2.13. The predicted octanol–water partition coefficient (Wildman–Crippen LogP) is 3.02. The maximum absolute atomic E-state index is 11.7. The van der Waals surface area contributed by atoms with Gasteiger partial charge in [0, 0.05) is 26.2 Å². The number of guanidine groups is 1. The number of carbonyl (C=O) groups is 1. The lowest BCUT2D eigenvalue weighted by Crippen LogP contribution is -2.38. The van der Waals surface area contributed by atoms with Gasteiger partial charge in [-0.05, 0) is 55.7 Å². The third-order valence-electron chi connectivity index (χ3n) is 5.72. The van der Waals surface area contributed by atoms with Gasteiger partial charge in [0.1, 0.15) is 5.75 Å². The van der Waals surface area contributed by atoms with Crippen molar-refractivity contribution in [2.45, 2.75) is 63.8 Å². The third-order valence-corrected chi connectivity index (χ3v) is 5.72. The molecule has 2 aliphatic carbocycles. The molecule has 1 amide bonds. The molecule has 0 aliphatic heterocycles. The number of hydrogen-bond donors (Lipinski definition) is 3. The Morgan fingerprint density at radius 2 is 1.79 bits per heavy atom. The number of amides is 1. The minimum Gasteiger partial charge on any atom is -0.484 e. The van der Waals surface area contributed by atoms with E-state index in [4.69, 9.17) is 4.74 Å². The molecule has 1 aromatic rings. The largest absolute Gasteiger partial charge is 0.484 e. The number of carbonyl (C=O) groups excluding carboxylic acids is 1. The second-order valence-electron chi connectivity index (χ2n) is 8.24. The smallest absolute Gasteiger partial charge is 0.258 e.